The second kappa shape index (κ2) is 12.6. The van der Waals surface area contributed by atoms with Crippen molar-refractivity contribution >= 4 is 27.5 Å². The molecule has 0 aliphatic carbocycles. The van der Waals surface area contributed by atoms with Gasteiger partial charge < -0.3 is 15.0 Å². The Morgan fingerprint density at radius 3 is 2.18 bits per heavy atom. The van der Waals surface area contributed by atoms with Crippen molar-refractivity contribution in [2.75, 3.05) is 24.5 Å². The molecular formula is C29H35N3O5S. The molecule has 0 radical (unpaired) electrons. The van der Waals surface area contributed by atoms with Crippen molar-refractivity contribution in [3.63, 3.8) is 0 Å². The summed E-state index contributed by atoms with van der Waals surface area (Å²) in [5.41, 5.74) is 2.77. The molecule has 9 heteroatoms. The number of hydrogen-bond donors (Lipinski definition) is 1. The summed E-state index contributed by atoms with van der Waals surface area (Å²) >= 11 is 0. The fourth-order valence-electron chi connectivity index (χ4n) is 4.03. The molecule has 0 unspecified atom stereocenters. The number of carbonyl (C=O) groups is 2. The number of nitrogens with zero attached hydrogens (tertiary/aromatic N) is 2. The molecule has 3 aromatic rings. The van der Waals surface area contributed by atoms with Crippen molar-refractivity contribution in [1.29, 1.82) is 0 Å². The van der Waals surface area contributed by atoms with Gasteiger partial charge in [0.15, 0.2) is 0 Å². The second-order valence-corrected chi connectivity index (χ2v) is 10.9. The lowest BCUT2D eigenvalue weighted by Crippen LogP contribution is -2.51. The lowest BCUT2D eigenvalue weighted by atomic mass is 10.1. The average molecular weight is 538 g/mol. The van der Waals surface area contributed by atoms with E-state index in [-0.39, 0.29) is 23.0 Å². The predicted octanol–water partition coefficient (Wildman–Crippen LogP) is 4.06. The number of hydrogen-bond acceptors (Lipinski definition) is 5. The van der Waals surface area contributed by atoms with Gasteiger partial charge in [0.1, 0.15) is 18.3 Å². The molecule has 0 saturated heterocycles. The lowest BCUT2D eigenvalue weighted by molar-refractivity contribution is -0.139. The summed E-state index contributed by atoms with van der Waals surface area (Å²) in [7, 11) is -2.72. The Morgan fingerprint density at radius 2 is 1.58 bits per heavy atom. The summed E-state index contributed by atoms with van der Waals surface area (Å²) in [6, 6.07) is 20.0. The number of sulfonamides is 1. The SMILES string of the molecule is CCNC(=O)[C@@H](C)N(Cc1ccccc1)C(=O)CN(c1cc(C)ccc1OC)S(=O)(=O)c1ccc(C)cc1. The van der Waals surface area contributed by atoms with Crippen molar-refractivity contribution < 1.29 is 22.7 Å². The van der Waals surface area contributed by atoms with Crippen molar-refractivity contribution in [2.24, 2.45) is 0 Å². The molecule has 0 bridgehead atoms. The lowest BCUT2D eigenvalue weighted by Gasteiger charge is -2.32. The van der Waals surface area contributed by atoms with Gasteiger partial charge in [-0.2, -0.15) is 0 Å². The van der Waals surface area contributed by atoms with Crippen molar-refractivity contribution in [2.45, 2.75) is 45.2 Å². The highest BCUT2D eigenvalue weighted by molar-refractivity contribution is 7.92. The highest BCUT2D eigenvalue weighted by Crippen LogP contribution is 2.33. The summed E-state index contributed by atoms with van der Waals surface area (Å²) in [5.74, 6) is -0.532. The minimum atomic E-state index is -4.17. The third-order valence-corrected chi connectivity index (χ3v) is 7.98. The van der Waals surface area contributed by atoms with Crippen LogP contribution in [0.25, 0.3) is 0 Å². The van der Waals surface area contributed by atoms with Gasteiger partial charge >= 0.3 is 0 Å². The zero-order valence-corrected chi connectivity index (χ0v) is 23.3. The summed E-state index contributed by atoms with van der Waals surface area (Å²) in [6.45, 7) is 7.16. The van der Waals surface area contributed by atoms with Crippen LogP contribution in [0.15, 0.2) is 77.7 Å². The van der Waals surface area contributed by atoms with E-state index < -0.39 is 28.5 Å². The van der Waals surface area contributed by atoms with E-state index in [4.69, 9.17) is 4.74 Å². The molecule has 0 saturated carbocycles. The Labute approximate surface area is 225 Å². The van der Waals surface area contributed by atoms with Gasteiger partial charge in [-0.3, -0.25) is 13.9 Å². The standard InChI is InChI=1S/C29H35N3O5S/c1-6-30-29(34)23(4)31(19-24-10-8-7-9-11-24)28(33)20-32(26-18-22(3)14-17-27(26)37-5)38(35,36)25-15-12-21(2)13-16-25/h7-18,23H,6,19-20H2,1-5H3,(H,30,34)/t23-/m1/s1. The smallest absolute Gasteiger partial charge is 0.264 e. The van der Waals surface area contributed by atoms with Crippen LogP contribution in [0, 0.1) is 13.8 Å². The minimum Gasteiger partial charge on any atom is -0.495 e. The zero-order chi connectivity index (χ0) is 27.9. The Balaban J connectivity index is 2.09. The van der Waals surface area contributed by atoms with E-state index in [1.807, 2.05) is 44.2 Å². The van der Waals surface area contributed by atoms with E-state index in [2.05, 4.69) is 5.32 Å². The summed E-state index contributed by atoms with van der Waals surface area (Å²) < 4.78 is 34.5. The first kappa shape index (κ1) is 28.7. The zero-order valence-electron chi connectivity index (χ0n) is 22.5. The minimum absolute atomic E-state index is 0.0471. The number of anilines is 1. The number of ether oxygens (including phenoxy) is 1. The molecule has 3 rings (SSSR count). The molecule has 8 nitrogen and oxygen atoms in total. The molecule has 0 aromatic heterocycles. The van der Waals surface area contributed by atoms with Crippen LogP contribution in [0.3, 0.4) is 0 Å². The van der Waals surface area contributed by atoms with Gasteiger partial charge in [0.05, 0.1) is 17.7 Å². The Kier molecular flexibility index (Phi) is 9.52. The van der Waals surface area contributed by atoms with E-state index in [0.29, 0.717) is 12.3 Å². The second-order valence-electron chi connectivity index (χ2n) is 9.08. The predicted molar refractivity (Wildman–Crippen MR) is 149 cm³/mol. The number of benzene rings is 3. The van der Waals surface area contributed by atoms with E-state index in [9.17, 15) is 18.0 Å². The maximum atomic E-state index is 14.0. The van der Waals surface area contributed by atoms with E-state index >= 15 is 0 Å². The summed E-state index contributed by atoms with van der Waals surface area (Å²) in [6.07, 6.45) is 0. The van der Waals surface area contributed by atoms with Crippen molar-refractivity contribution in [3.8, 4) is 5.75 Å². The topological polar surface area (TPSA) is 96.0 Å². The van der Waals surface area contributed by atoms with Crippen LogP contribution in [0.1, 0.15) is 30.5 Å². The quantitative estimate of drug-likeness (QED) is 0.398. The van der Waals surface area contributed by atoms with Crippen LogP contribution < -0.4 is 14.4 Å². The first-order valence-electron chi connectivity index (χ1n) is 12.4. The maximum Gasteiger partial charge on any atom is 0.264 e. The van der Waals surface area contributed by atoms with Gasteiger partial charge in [0, 0.05) is 13.1 Å². The number of aryl methyl sites for hydroxylation is 2. The first-order valence-corrected chi connectivity index (χ1v) is 13.9. The molecule has 0 aliphatic rings. The van der Waals surface area contributed by atoms with Gasteiger partial charge in [-0.1, -0.05) is 54.1 Å². The van der Waals surface area contributed by atoms with Crippen LogP contribution in [0.4, 0.5) is 5.69 Å². The van der Waals surface area contributed by atoms with Crippen LogP contribution in [0.5, 0.6) is 5.75 Å². The fourth-order valence-corrected chi connectivity index (χ4v) is 5.45. The van der Waals surface area contributed by atoms with E-state index in [0.717, 1.165) is 21.0 Å². The fraction of sp³-hybridized carbons (Fsp3) is 0.310. The Bertz CT molecular complexity index is 1360. The van der Waals surface area contributed by atoms with E-state index in [1.165, 1.54) is 24.1 Å². The Morgan fingerprint density at radius 1 is 0.947 bits per heavy atom. The monoisotopic (exact) mass is 537 g/mol. The first-order chi connectivity index (χ1) is 18.1. The van der Waals surface area contributed by atoms with Gasteiger partial charge in [0.25, 0.3) is 10.0 Å². The number of rotatable bonds is 11. The third kappa shape index (κ3) is 6.72. The van der Waals surface area contributed by atoms with Gasteiger partial charge in [-0.15, -0.1) is 0 Å². The molecule has 38 heavy (non-hydrogen) atoms. The number of likely N-dealkylation sites (N-methyl/N-ethyl adjacent to an activating group) is 1. The summed E-state index contributed by atoms with van der Waals surface area (Å²) in [5, 5.41) is 2.75. The molecule has 3 aromatic carbocycles. The van der Waals surface area contributed by atoms with Crippen molar-refractivity contribution in [3.05, 3.63) is 89.5 Å². The number of carbonyl (C=O) groups excluding carboxylic acids is 2. The maximum absolute atomic E-state index is 14.0. The molecular weight excluding hydrogens is 502 g/mol. The van der Waals surface area contributed by atoms with Crippen LogP contribution >= 0.6 is 0 Å². The van der Waals surface area contributed by atoms with Crippen LogP contribution in [-0.2, 0) is 26.2 Å². The largest absolute Gasteiger partial charge is 0.495 e. The molecule has 202 valence electrons. The highest BCUT2D eigenvalue weighted by Gasteiger charge is 2.33. The number of amides is 2. The van der Waals surface area contributed by atoms with Gasteiger partial charge in [-0.25, -0.2) is 8.42 Å². The molecule has 1 atom stereocenters. The molecule has 2 amide bonds. The molecule has 0 fully saturated rings. The van der Waals surface area contributed by atoms with Crippen LogP contribution in [-0.4, -0.2) is 51.4 Å². The number of nitrogens with one attached hydrogen (secondary N) is 1. The Hall–Kier alpha value is -3.85. The highest BCUT2D eigenvalue weighted by atomic mass is 32.2. The van der Waals surface area contributed by atoms with Gasteiger partial charge in [0.2, 0.25) is 11.8 Å². The number of methoxy groups -OCH3 is 1. The van der Waals surface area contributed by atoms with Crippen molar-refractivity contribution in [1.82, 2.24) is 10.2 Å². The molecule has 0 spiro atoms. The van der Waals surface area contributed by atoms with Crippen LogP contribution in [0.2, 0.25) is 0 Å². The van der Waals surface area contributed by atoms with Gasteiger partial charge in [-0.05, 0) is 63.1 Å². The average Bonchev–Trinajstić information content (AvgIpc) is 2.90. The molecule has 1 N–H and O–H groups in total. The third-order valence-electron chi connectivity index (χ3n) is 6.20. The normalized spacial score (nSPS) is 11.9. The van der Waals surface area contributed by atoms with E-state index in [1.54, 1.807) is 44.2 Å². The molecule has 0 heterocycles. The summed E-state index contributed by atoms with van der Waals surface area (Å²) in [4.78, 5) is 28.1. The molecule has 0 aliphatic heterocycles.